The van der Waals surface area contributed by atoms with Gasteiger partial charge in [0, 0.05) is 44.3 Å². The van der Waals surface area contributed by atoms with Crippen LogP contribution in [0.2, 0.25) is 0 Å². The molecule has 0 amide bonds. The van der Waals surface area contributed by atoms with Crippen molar-refractivity contribution < 1.29 is 0 Å². The Kier molecular flexibility index (Phi) is 9.74. The summed E-state index contributed by atoms with van der Waals surface area (Å²) in [6.45, 7) is 12.8. The highest BCUT2D eigenvalue weighted by molar-refractivity contribution is 14.0. The van der Waals surface area contributed by atoms with Gasteiger partial charge in [0.15, 0.2) is 5.96 Å². The maximum absolute atomic E-state index is 4.83. The molecule has 8 heteroatoms. The average molecular weight is 550 g/mol. The summed E-state index contributed by atoms with van der Waals surface area (Å²) in [7, 11) is 2.00. The number of guanidine groups is 1. The van der Waals surface area contributed by atoms with Crippen LogP contribution >= 0.6 is 24.0 Å². The van der Waals surface area contributed by atoms with E-state index in [1.54, 1.807) is 0 Å². The zero-order chi connectivity index (χ0) is 22.4. The smallest absolute Gasteiger partial charge is 0.191 e. The van der Waals surface area contributed by atoms with Crippen LogP contribution in [0.3, 0.4) is 0 Å². The Morgan fingerprint density at radius 2 is 1.94 bits per heavy atom. The van der Waals surface area contributed by atoms with Gasteiger partial charge in [0.2, 0.25) is 0 Å². The lowest BCUT2D eigenvalue weighted by Gasteiger charge is -2.18. The van der Waals surface area contributed by atoms with Gasteiger partial charge in [0.1, 0.15) is 5.82 Å². The Labute approximate surface area is 208 Å². The lowest BCUT2D eigenvalue weighted by molar-refractivity contribution is 0.635. The van der Waals surface area contributed by atoms with Gasteiger partial charge >= 0.3 is 0 Å². The van der Waals surface area contributed by atoms with E-state index in [0.29, 0.717) is 6.54 Å². The molecule has 1 aromatic carbocycles. The molecule has 1 unspecified atom stereocenters. The number of hydrogen-bond acceptors (Lipinski definition) is 3. The van der Waals surface area contributed by atoms with Gasteiger partial charge < -0.3 is 15.2 Å². The summed E-state index contributed by atoms with van der Waals surface area (Å²) in [6, 6.07) is 8.84. The molecule has 0 saturated heterocycles. The molecule has 0 saturated carbocycles. The van der Waals surface area contributed by atoms with Crippen molar-refractivity contribution in [2.45, 2.75) is 60.2 Å². The van der Waals surface area contributed by atoms with Crippen LogP contribution in [0, 0.1) is 20.8 Å². The van der Waals surface area contributed by atoms with E-state index in [9.17, 15) is 0 Å². The van der Waals surface area contributed by atoms with Crippen molar-refractivity contribution in [3.63, 3.8) is 0 Å². The van der Waals surface area contributed by atoms with Gasteiger partial charge in [-0.15, -0.1) is 24.0 Å². The molecule has 2 N–H and O–H groups in total. The molecule has 2 heterocycles. The molecule has 0 bridgehead atoms. The van der Waals surface area contributed by atoms with E-state index in [1.165, 1.54) is 22.4 Å². The quantitative estimate of drug-likeness (QED) is 0.254. The van der Waals surface area contributed by atoms with Crippen LogP contribution in [-0.2, 0) is 26.6 Å². The molecule has 2 aromatic heterocycles. The zero-order valence-corrected chi connectivity index (χ0v) is 22.3. The summed E-state index contributed by atoms with van der Waals surface area (Å²) in [5, 5.41) is 11.4. The minimum atomic E-state index is 0. The maximum atomic E-state index is 4.83. The van der Waals surface area contributed by atoms with Gasteiger partial charge in [-0.1, -0.05) is 24.3 Å². The Bertz CT molecular complexity index is 1030. The van der Waals surface area contributed by atoms with Crippen molar-refractivity contribution in [1.82, 2.24) is 30.0 Å². The first kappa shape index (κ1) is 25.9. The lowest BCUT2D eigenvalue weighted by atomic mass is 10.1. The summed E-state index contributed by atoms with van der Waals surface area (Å²) in [5.41, 5.74) is 6.07. The van der Waals surface area contributed by atoms with E-state index in [2.05, 4.69) is 77.2 Å². The first-order valence-corrected chi connectivity index (χ1v) is 11.0. The van der Waals surface area contributed by atoms with E-state index < -0.39 is 0 Å². The third kappa shape index (κ3) is 6.82. The maximum Gasteiger partial charge on any atom is 0.191 e. The second-order valence-corrected chi connectivity index (χ2v) is 8.14. The molecule has 7 nitrogen and oxygen atoms in total. The van der Waals surface area contributed by atoms with Crippen LogP contribution in [0.4, 0.5) is 0 Å². The Morgan fingerprint density at radius 1 is 1.19 bits per heavy atom. The molecule has 0 radical (unpaired) electrons. The van der Waals surface area contributed by atoms with Gasteiger partial charge in [-0.05, 0) is 57.7 Å². The van der Waals surface area contributed by atoms with Crippen LogP contribution in [0.1, 0.15) is 47.8 Å². The first-order chi connectivity index (χ1) is 14.9. The molecular formula is C24H36IN7. The van der Waals surface area contributed by atoms with Crippen molar-refractivity contribution in [2.24, 2.45) is 12.0 Å². The van der Waals surface area contributed by atoms with Crippen molar-refractivity contribution in [3.05, 3.63) is 70.6 Å². The Hall–Kier alpha value is -2.36. The number of nitrogens with zero attached hydrogens (tertiary/aromatic N) is 5. The third-order valence-electron chi connectivity index (χ3n) is 5.58. The molecule has 32 heavy (non-hydrogen) atoms. The van der Waals surface area contributed by atoms with E-state index in [4.69, 9.17) is 4.99 Å². The number of aliphatic imine (C=N–C) groups is 1. The minimum Gasteiger partial charge on any atom is -0.357 e. The molecular weight excluding hydrogens is 513 g/mol. The highest BCUT2D eigenvalue weighted by Gasteiger charge is 2.14. The number of rotatable bonds is 8. The largest absolute Gasteiger partial charge is 0.357 e. The fourth-order valence-corrected chi connectivity index (χ4v) is 3.79. The molecule has 3 rings (SSSR count). The van der Waals surface area contributed by atoms with Gasteiger partial charge in [-0.25, -0.2) is 9.98 Å². The van der Waals surface area contributed by atoms with Crippen molar-refractivity contribution in [2.75, 3.05) is 6.54 Å². The van der Waals surface area contributed by atoms with Gasteiger partial charge in [0.25, 0.3) is 0 Å². The van der Waals surface area contributed by atoms with Gasteiger partial charge in [0.05, 0.1) is 12.2 Å². The number of aryl methyl sites for hydroxylation is 3. The summed E-state index contributed by atoms with van der Waals surface area (Å²) >= 11 is 0. The number of imidazole rings is 1. The molecule has 0 aliphatic carbocycles. The standard InChI is InChI=1S/C24H35N7.HI/c1-7-25-24(28-17(2)13-23-18(3)29-30(6)19(23)4)27-15-21-9-8-10-22(14-21)16-31-12-11-26-20(31)5;/h8-12,14,17H,7,13,15-16H2,1-6H3,(H2,25,27,28);1H. The van der Waals surface area contributed by atoms with E-state index in [-0.39, 0.29) is 30.0 Å². The second-order valence-electron chi connectivity index (χ2n) is 8.14. The fraction of sp³-hybridized carbons (Fsp3) is 0.458. The number of nitrogens with one attached hydrogen (secondary N) is 2. The molecule has 0 aliphatic heterocycles. The van der Waals surface area contributed by atoms with E-state index in [0.717, 1.165) is 37.0 Å². The number of aromatic nitrogens is 4. The second kappa shape index (κ2) is 12.0. The summed E-state index contributed by atoms with van der Waals surface area (Å²) in [5.74, 6) is 1.86. The normalized spacial score (nSPS) is 12.4. The molecule has 0 aliphatic rings. The Morgan fingerprint density at radius 3 is 2.56 bits per heavy atom. The van der Waals surface area contributed by atoms with Crippen molar-refractivity contribution >= 4 is 29.9 Å². The van der Waals surface area contributed by atoms with E-state index in [1.807, 2.05) is 31.0 Å². The third-order valence-corrected chi connectivity index (χ3v) is 5.58. The van der Waals surface area contributed by atoms with Gasteiger partial charge in [-0.2, -0.15) is 5.10 Å². The average Bonchev–Trinajstić information content (AvgIpc) is 3.24. The zero-order valence-electron chi connectivity index (χ0n) is 20.0. The van der Waals surface area contributed by atoms with Crippen LogP contribution < -0.4 is 10.6 Å². The monoisotopic (exact) mass is 549 g/mol. The summed E-state index contributed by atoms with van der Waals surface area (Å²) < 4.78 is 4.10. The van der Waals surface area contributed by atoms with Crippen LogP contribution in [0.15, 0.2) is 41.7 Å². The predicted octanol–water partition coefficient (Wildman–Crippen LogP) is 3.89. The number of halogens is 1. The number of benzene rings is 1. The van der Waals surface area contributed by atoms with Crippen LogP contribution in [-0.4, -0.2) is 37.9 Å². The van der Waals surface area contributed by atoms with Gasteiger partial charge in [-0.3, -0.25) is 4.68 Å². The number of hydrogen-bond donors (Lipinski definition) is 2. The topological polar surface area (TPSA) is 72.1 Å². The highest BCUT2D eigenvalue weighted by atomic mass is 127. The summed E-state index contributed by atoms with van der Waals surface area (Å²) in [4.78, 5) is 9.13. The first-order valence-electron chi connectivity index (χ1n) is 11.0. The van der Waals surface area contributed by atoms with Crippen molar-refractivity contribution in [1.29, 1.82) is 0 Å². The molecule has 0 fully saturated rings. The van der Waals surface area contributed by atoms with Crippen LogP contribution in [0.25, 0.3) is 0 Å². The molecule has 3 aromatic rings. The lowest BCUT2D eigenvalue weighted by Crippen LogP contribution is -2.43. The van der Waals surface area contributed by atoms with Crippen LogP contribution in [0.5, 0.6) is 0 Å². The molecule has 0 spiro atoms. The molecule has 174 valence electrons. The SMILES string of the molecule is CCNC(=NCc1cccc(Cn2ccnc2C)c1)NC(C)Cc1c(C)nn(C)c1C.I. The fourth-order valence-electron chi connectivity index (χ4n) is 3.79. The minimum absolute atomic E-state index is 0. The van der Waals surface area contributed by atoms with Crippen molar-refractivity contribution in [3.8, 4) is 0 Å². The summed E-state index contributed by atoms with van der Waals surface area (Å²) in [6.07, 6.45) is 4.77. The highest BCUT2D eigenvalue weighted by Crippen LogP contribution is 2.14. The molecule has 1 atom stereocenters. The van der Waals surface area contributed by atoms with E-state index >= 15 is 0 Å². The predicted molar refractivity (Wildman–Crippen MR) is 142 cm³/mol. The Balaban J connectivity index is 0.00000363.